The van der Waals surface area contributed by atoms with Crippen LogP contribution in [0.3, 0.4) is 0 Å². The molecule has 0 aliphatic rings. The Morgan fingerprint density at radius 2 is 2.32 bits per heavy atom. The van der Waals surface area contributed by atoms with Crippen LogP contribution in [0.5, 0.6) is 0 Å². The van der Waals surface area contributed by atoms with Crippen molar-refractivity contribution < 1.29 is 12.6 Å². The summed E-state index contributed by atoms with van der Waals surface area (Å²) in [6, 6.07) is 0. The average molecular weight is 342 g/mol. The molecule has 0 saturated heterocycles. The Kier molecular flexibility index (Phi) is 4.31. The lowest BCUT2D eigenvalue weighted by Gasteiger charge is -2.10. The van der Waals surface area contributed by atoms with Crippen molar-refractivity contribution in [3.8, 4) is 0 Å². The van der Waals surface area contributed by atoms with Crippen molar-refractivity contribution in [1.82, 2.24) is 14.1 Å². The van der Waals surface area contributed by atoms with Crippen molar-refractivity contribution in [1.29, 1.82) is 0 Å². The van der Waals surface area contributed by atoms with Crippen LogP contribution in [-0.2, 0) is 20.8 Å². The first kappa shape index (κ1) is 14.9. The first-order chi connectivity index (χ1) is 8.83. The van der Waals surface area contributed by atoms with E-state index < -0.39 is 20.8 Å². The van der Waals surface area contributed by atoms with Gasteiger partial charge in [0.05, 0.1) is 0 Å². The third-order valence-corrected chi connectivity index (χ3v) is 6.44. The standard InChI is InChI=1S/C9H12ClN3O3S3/c1-6(18(2)14)5-11-19(15,16)8-7(10)12-9-13(8)3-4-17-9/h3-4,6,11H,5H2,1-2H3. The number of hydrogen-bond acceptors (Lipinski definition) is 5. The second-order valence-electron chi connectivity index (χ2n) is 3.92. The minimum absolute atomic E-state index is 0.0652. The predicted molar refractivity (Wildman–Crippen MR) is 76.8 cm³/mol. The summed E-state index contributed by atoms with van der Waals surface area (Å²) in [5.41, 5.74) is 0. The van der Waals surface area contributed by atoms with Gasteiger partial charge in [0.15, 0.2) is 15.1 Å². The highest BCUT2D eigenvalue weighted by atomic mass is 35.5. The average Bonchev–Trinajstić information content (AvgIpc) is 2.84. The molecule has 0 aliphatic carbocycles. The Labute approximate surface area is 122 Å². The Morgan fingerprint density at radius 1 is 1.63 bits per heavy atom. The SMILES string of the molecule is CC(CNS(=O)(=O)c1c(Cl)nc2sccn12)S(C)=O. The Morgan fingerprint density at radius 3 is 2.95 bits per heavy atom. The Bertz CT molecular complexity index is 721. The number of rotatable bonds is 5. The van der Waals surface area contributed by atoms with Gasteiger partial charge in [0.2, 0.25) is 0 Å². The maximum atomic E-state index is 12.2. The maximum Gasteiger partial charge on any atom is 0.259 e. The van der Waals surface area contributed by atoms with Gasteiger partial charge < -0.3 is 0 Å². The van der Waals surface area contributed by atoms with Crippen LogP contribution in [0.2, 0.25) is 5.15 Å². The van der Waals surface area contributed by atoms with Crippen LogP contribution in [0.15, 0.2) is 16.6 Å². The van der Waals surface area contributed by atoms with Crippen LogP contribution >= 0.6 is 22.9 Å². The van der Waals surface area contributed by atoms with Gasteiger partial charge in [0, 0.05) is 40.4 Å². The van der Waals surface area contributed by atoms with Gasteiger partial charge in [0.1, 0.15) is 0 Å². The molecule has 2 heterocycles. The quantitative estimate of drug-likeness (QED) is 0.883. The van der Waals surface area contributed by atoms with Gasteiger partial charge in [-0.15, -0.1) is 11.3 Å². The van der Waals surface area contributed by atoms with E-state index in [4.69, 9.17) is 11.6 Å². The summed E-state index contributed by atoms with van der Waals surface area (Å²) in [5.74, 6) is 0. The molecule has 0 amide bonds. The zero-order valence-electron chi connectivity index (χ0n) is 10.2. The maximum absolute atomic E-state index is 12.2. The number of thiazole rings is 1. The van der Waals surface area contributed by atoms with E-state index in [-0.39, 0.29) is 22.0 Å². The van der Waals surface area contributed by atoms with Crippen LogP contribution < -0.4 is 4.72 Å². The number of nitrogens with zero attached hydrogens (tertiary/aromatic N) is 2. The van der Waals surface area contributed by atoms with Crippen molar-refractivity contribution >= 4 is 48.7 Å². The molecule has 2 atom stereocenters. The van der Waals surface area contributed by atoms with E-state index in [0.717, 1.165) is 0 Å². The summed E-state index contributed by atoms with van der Waals surface area (Å²) in [6.45, 7) is 1.79. The van der Waals surface area contributed by atoms with Crippen LogP contribution in [0.25, 0.3) is 4.96 Å². The van der Waals surface area contributed by atoms with Gasteiger partial charge >= 0.3 is 0 Å². The number of imidazole rings is 1. The fourth-order valence-electron chi connectivity index (χ4n) is 1.39. The largest absolute Gasteiger partial charge is 0.279 e. The first-order valence-electron chi connectivity index (χ1n) is 5.26. The van der Waals surface area contributed by atoms with E-state index in [1.807, 2.05) is 0 Å². The lowest BCUT2D eigenvalue weighted by Crippen LogP contribution is -2.33. The summed E-state index contributed by atoms with van der Waals surface area (Å²) < 4.78 is 39.4. The lowest BCUT2D eigenvalue weighted by molar-refractivity contribution is 0.576. The molecule has 106 valence electrons. The summed E-state index contributed by atoms with van der Waals surface area (Å²) in [6.07, 6.45) is 3.12. The van der Waals surface area contributed by atoms with Crippen LogP contribution in [-0.4, -0.2) is 40.1 Å². The zero-order valence-corrected chi connectivity index (χ0v) is 13.4. The monoisotopic (exact) mass is 341 g/mol. The molecule has 2 rings (SSSR count). The van der Waals surface area contributed by atoms with Crippen LogP contribution in [0, 0.1) is 0 Å². The van der Waals surface area contributed by atoms with Crippen molar-refractivity contribution in [2.24, 2.45) is 0 Å². The number of aromatic nitrogens is 2. The van der Waals surface area contributed by atoms with E-state index in [1.165, 1.54) is 22.0 Å². The van der Waals surface area contributed by atoms with Gasteiger partial charge in [-0.2, -0.15) is 0 Å². The number of nitrogens with one attached hydrogen (secondary N) is 1. The molecule has 2 aromatic rings. The van der Waals surface area contributed by atoms with E-state index in [2.05, 4.69) is 9.71 Å². The van der Waals surface area contributed by atoms with Crippen molar-refractivity contribution in [2.45, 2.75) is 17.2 Å². The number of sulfonamides is 1. The molecule has 10 heteroatoms. The molecule has 0 aliphatic heterocycles. The van der Waals surface area contributed by atoms with Crippen LogP contribution in [0.4, 0.5) is 0 Å². The van der Waals surface area contributed by atoms with E-state index in [1.54, 1.807) is 18.5 Å². The summed E-state index contributed by atoms with van der Waals surface area (Å²) in [5, 5.41) is 1.30. The molecule has 2 unspecified atom stereocenters. The van der Waals surface area contributed by atoms with E-state index in [9.17, 15) is 12.6 Å². The van der Waals surface area contributed by atoms with Gasteiger partial charge in [-0.3, -0.25) is 8.61 Å². The molecule has 0 bridgehead atoms. The molecule has 0 aromatic carbocycles. The molecule has 0 fully saturated rings. The molecule has 6 nitrogen and oxygen atoms in total. The molecule has 19 heavy (non-hydrogen) atoms. The highest BCUT2D eigenvalue weighted by Crippen LogP contribution is 2.25. The minimum Gasteiger partial charge on any atom is -0.279 e. The summed E-state index contributed by atoms with van der Waals surface area (Å²) >= 11 is 7.16. The second kappa shape index (κ2) is 5.49. The fourth-order valence-corrected chi connectivity index (χ4v) is 4.39. The molecule has 0 radical (unpaired) electrons. The second-order valence-corrected chi connectivity index (χ2v) is 8.64. The molecule has 1 N–H and O–H groups in total. The lowest BCUT2D eigenvalue weighted by atomic mass is 10.5. The minimum atomic E-state index is -3.78. The highest BCUT2D eigenvalue weighted by molar-refractivity contribution is 7.89. The van der Waals surface area contributed by atoms with E-state index >= 15 is 0 Å². The number of fused-ring (bicyclic) bond motifs is 1. The highest BCUT2D eigenvalue weighted by Gasteiger charge is 2.25. The summed E-state index contributed by atoms with van der Waals surface area (Å²) in [7, 11) is -4.88. The van der Waals surface area contributed by atoms with Gasteiger partial charge in [0.25, 0.3) is 10.0 Å². The van der Waals surface area contributed by atoms with Gasteiger partial charge in [-0.1, -0.05) is 11.6 Å². The van der Waals surface area contributed by atoms with Crippen molar-refractivity contribution in [3.05, 3.63) is 16.7 Å². The third kappa shape index (κ3) is 3.00. The molecule has 0 spiro atoms. The molecular weight excluding hydrogens is 330 g/mol. The number of halogens is 1. The summed E-state index contributed by atoms with van der Waals surface area (Å²) in [4.78, 5) is 4.48. The first-order valence-corrected chi connectivity index (χ1v) is 9.62. The molecular formula is C9H12ClN3O3S3. The topological polar surface area (TPSA) is 80.5 Å². The van der Waals surface area contributed by atoms with Crippen LogP contribution in [0.1, 0.15) is 6.92 Å². The Balaban J connectivity index is 2.31. The van der Waals surface area contributed by atoms with Crippen molar-refractivity contribution in [2.75, 3.05) is 12.8 Å². The zero-order chi connectivity index (χ0) is 14.2. The van der Waals surface area contributed by atoms with Crippen molar-refractivity contribution in [3.63, 3.8) is 0 Å². The normalized spacial score (nSPS) is 15.7. The fraction of sp³-hybridized carbons (Fsp3) is 0.444. The predicted octanol–water partition coefficient (Wildman–Crippen LogP) is 1.09. The van der Waals surface area contributed by atoms with Gasteiger partial charge in [-0.25, -0.2) is 18.1 Å². The van der Waals surface area contributed by atoms with Gasteiger partial charge in [-0.05, 0) is 6.92 Å². The Hall–Kier alpha value is -0.480. The third-order valence-electron chi connectivity index (χ3n) is 2.56. The number of hydrogen-bond donors (Lipinski definition) is 1. The molecule has 2 aromatic heterocycles. The van der Waals surface area contributed by atoms with E-state index in [0.29, 0.717) is 4.96 Å². The molecule has 0 saturated carbocycles. The smallest absolute Gasteiger partial charge is 0.259 e.